The minimum atomic E-state index is -3.42. The fourth-order valence-corrected chi connectivity index (χ4v) is 5.18. The van der Waals surface area contributed by atoms with Crippen LogP contribution in [-0.4, -0.2) is 20.8 Å². The fourth-order valence-electron chi connectivity index (χ4n) is 2.94. The van der Waals surface area contributed by atoms with Gasteiger partial charge in [0.15, 0.2) is 9.84 Å². The molecule has 0 amide bonds. The Morgan fingerprint density at radius 1 is 1.12 bits per heavy atom. The van der Waals surface area contributed by atoms with Gasteiger partial charge in [-0.2, -0.15) is 0 Å². The molecule has 2 aromatic carbocycles. The summed E-state index contributed by atoms with van der Waals surface area (Å²) in [6, 6.07) is 15.0. The summed E-state index contributed by atoms with van der Waals surface area (Å²) in [5.41, 5.74) is 1.72. The van der Waals surface area contributed by atoms with E-state index < -0.39 is 15.3 Å². The zero-order chi connectivity index (χ0) is 18.8. The van der Waals surface area contributed by atoms with E-state index in [-0.39, 0.29) is 5.75 Å². The molecular formula is C21H25BrO3S. The van der Waals surface area contributed by atoms with Crippen LogP contribution in [0.15, 0.2) is 53.4 Å². The van der Waals surface area contributed by atoms with E-state index in [0.717, 1.165) is 10.9 Å². The van der Waals surface area contributed by atoms with E-state index in [1.807, 2.05) is 44.2 Å². The van der Waals surface area contributed by atoms with Crippen molar-refractivity contribution in [3.8, 4) is 5.75 Å². The Balaban J connectivity index is 1.76. The highest BCUT2D eigenvalue weighted by atomic mass is 79.9. The molecule has 1 aliphatic carbocycles. The van der Waals surface area contributed by atoms with Gasteiger partial charge in [0.1, 0.15) is 5.75 Å². The number of ether oxygens (including phenoxy) is 1. The molecule has 140 valence electrons. The van der Waals surface area contributed by atoms with Crippen LogP contribution in [0.5, 0.6) is 5.75 Å². The summed E-state index contributed by atoms with van der Waals surface area (Å²) >= 11 is 3.44. The predicted octanol–water partition coefficient (Wildman–Crippen LogP) is 5.12. The zero-order valence-electron chi connectivity index (χ0n) is 15.2. The molecule has 0 radical (unpaired) electrons. The van der Waals surface area contributed by atoms with Gasteiger partial charge in [-0.25, -0.2) is 8.42 Å². The smallest absolute Gasteiger partial charge is 0.179 e. The molecule has 0 atom stereocenters. The molecule has 0 spiro atoms. The third kappa shape index (κ3) is 4.89. The maximum atomic E-state index is 13.0. The van der Waals surface area contributed by atoms with E-state index in [9.17, 15) is 8.42 Å². The number of sulfone groups is 1. The van der Waals surface area contributed by atoms with Crippen molar-refractivity contribution in [3.63, 3.8) is 0 Å². The third-order valence-corrected chi connectivity index (χ3v) is 7.51. The van der Waals surface area contributed by atoms with Crippen LogP contribution < -0.4 is 4.74 Å². The molecule has 0 heterocycles. The molecule has 1 fully saturated rings. The zero-order valence-corrected chi connectivity index (χ0v) is 17.6. The summed E-state index contributed by atoms with van der Waals surface area (Å²) in [5.74, 6) is 1.33. The first-order chi connectivity index (χ1) is 12.3. The standard InChI is InChI=1S/C21H25BrO3S/c1-21(2,18-10-8-16(13-22)9-11-18)15-26(23,24)20-5-3-4-19(12-20)25-14-17-6-7-17/h3-5,8-12,17H,6-7,13-15H2,1-2H3. The largest absolute Gasteiger partial charge is 0.493 e. The lowest BCUT2D eigenvalue weighted by atomic mass is 9.86. The Kier molecular flexibility index (Phi) is 5.78. The van der Waals surface area contributed by atoms with Crippen molar-refractivity contribution in [1.82, 2.24) is 0 Å². The first-order valence-electron chi connectivity index (χ1n) is 8.91. The molecule has 1 saturated carbocycles. The highest BCUT2D eigenvalue weighted by molar-refractivity contribution is 9.08. The van der Waals surface area contributed by atoms with Crippen molar-refractivity contribution in [2.45, 2.75) is 42.3 Å². The quantitative estimate of drug-likeness (QED) is 0.539. The minimum Gasteiger partial charge on any atom is -0.493 e. The first kappa shape index (κ1) is 19.4. The van der Waals surface area contributed by atoms with Crippen LogP contribution in [0.3, 0.4) is 0 Å². The second kappa shape index (κ2) is 7.73. The highest BCUT2D eigenvalue weighted by Gasteiger charge is 2.29. The molecule has 0 aromatic heterocycles. The molecule has 0 N–H and O–H groups in total. The van der Waals surface area contributed by atoms with Crippen molar-refractivity contribution in [1.29, 1.82) is 0 Å². The summed E-state index contributed by atoms with van der Waals surface area (Å²) in [6.07, 6.45) is 2.42. The van der Waals surface area contributed by atoms with Crippen molar-refractivity contribution in [2.24, 2.45) is 5.92 Å². The molecule has 3 rings (SSSR count). The van der Waals surface area contributed by atoms with Gasteiger partial charge in [0.2, 0.25) is 0 Å². The van der Waals surface area contributed by atoms with Crippen LogP contribution in [0, 0.1) is 5.92 Å². The molecule has 0 unspecified atom stereocenters. The molecule has 5 heteroatoms. The van der Waals surface area contributed by atoms with Crippen LogP contribution in [0.2, 0.25) is 0 Å². The van der Waals surface area contributed by atoms with Crippen molar-refractivity contribution in [2.75, 3.05) is 12.4 Å². The van der Waals surface area contributed by atoms with E-state index in [1.54, 1.807) is 18.2 Å². The molecule has 0 bridgehead atoms. The van der Waals surface area contributed by atoms with E-state index in [4.69, 9.17) is 4.74 Å². The van der Waals surface area contributed by atoms with Crippen LogP contribution in [-0.2, 0) is 20.6 Å². The topological polar surface area (TPSA) is 43.4 Å². The average Bonchev–Trinajstić information content (AvgIpc) is 3.44. The van der Waals surface area contributed by atoms with Gasteiger partial charge in [0, 0.05) is 10.7 Å². The monoisotopic (exact) mass is 436 g/mol. The number of halogens is 1. The fraction of sp³-hybridized carbons (Fsp3) is 0.429. The van der Waals surface area contributed by atoms with Gasteiger partial charge in [-0.1, -0.05) is 60.1 Å². The number of hydrogen-bond donors (Lipinski definition) is 0. The Morgan fingerprint density at radius 3 is 2.42 bits per heavy atom. The highest BCUT2D eigenvalue weighted by Crippen LogP contribution is 2.31. The van der Waals surface area contributed by atoms with Crippen LogP contribution in [0.25, 0.3) is 0 Å². The molecule has 3 nitrogen and oxygen atoms in total. The van der Waals surface area contributed by atoms with Crippen LogP contribution >= 0.6 is 15.9 Å². The van der Waals surface area contributed by atoms with Crippen molar-refractivity contribution >= 4 is 25.8 Å². The van der Waals surface area contributed by atoms with Gasteiger partial charge >= 0.3 is 0 Å². The summed E-state index contributed by atoms with van der Waals surface area (Å²) < 4.78 is 31.7. The first-order valence-corrected chi connectivity index (χ1v) is 11.7. The lowest BCUT2D eigenvalue weighted by Gasteiger charge is -2.25. The predicted molar refractivity (Wildman–Crippen MR) is 109 cm³/mol. The lowest BCUT2D eigenvalue weighted by molar-refractivity contribution is 0.299. The number of hydrogen-bond acceptors (Lipinski definition) is 3. The van der Waals surface area contributed by atoms with Crippen LogP contribution in [0.1, 0.15) is 37.8 Å². The SMILES string of the molecule is CC(C)(CS(=O)(=O)c1cccc(OCC2CC2)c1)c1ccc(CBr)cc1. The minimum absolute atomic E-state index is 0.0553. The van der Waals surface area contributed by atoms with E-state index in [2.05, 4.69) is 15.9 Å². The lowest BCUT2D eigenvalue weighted by Crippen LogP contribution is -2.28. The van der Waals surface area contributed by atoms with E-state index >= 15 is 0 Å². The molecule has 0 saturated heterocycles. The molecular weight excluding hydrogens is 412 g/mol. The Bertz CT molecular complexity index is 853. The Morgan fingerprint density at radius 2 is 1.81 bits per heavy atom. The number of rotatable bonds is 8. The normalized spacial score (nSPS) is 15.0. The molecule has 2 aromatic rings. The van der Waals surface area contributed by atoms with Gasteiger partial charge in [-0.3, -0.25) is 0 Å². The summed E-state index contributed by atoms with van der Waals surface area (Å²) in [4.78, 5) is 0.330. The maximum Gasteiger partial charge on any atom is 0.179 e. The van der Waals surface area contributed by atoms with Crippen molar-refractivity contribution in [3.05, 3.63) is 59.7 Å². The van der Waals surface area contributed by atoms with E-state index in [1.165, 1.54) is 18.4 Å². The Hall–Kier alpha value is -1.33. The van der Waals surface area contributed by atoms with Crippen molar-refractivity contribution < 1.29 is 13.2 Å². The molecule has 1 aliphatic rings. The maximum absolute atomic E-state index is 13.0. The summed E-state index contributed by atoms with van der Waals surface area (Å²) in [6.45, 7) is 4.62. The van der Waals surface area contributed by atoms with Crippen LogP contribution in [0.4, 0.5) is 0 Å². The van der Waals surface area contributed by atoms with Gasteiger partial charge in [0.05, 0.1) is 17.3 Å². The second-order valence-electron chi connectivity index (χ2n) is 7.70. The number of benzene rings is 2. The third-order valence-electron chi connectivity index (χ3n) is 4.79. The van der Waals surface area contributed by atoms with Gasteiger partial charge < -0.3 is 4.74 Å². The summed E-state index contributed by atoms with van der Waals surface area (Å²) in [5, 5.41) is 0.791. The molecule has 0 aliphatic heterocycles. The molecule has 26 heavy (non-hydrogen) atoms. The van der Waals surface area contributed by atoms with Gasteiger partial charge in [-0.05, 0) is 48.1 Å². The van der Waals surface area contributed by atoms with Gasteiger partial charge in [0.25, 0.3) is 0 Å². The second-order valence-corrected chi connectivity index (χ2v) is 10.3. The van der Waals surface area contributed by atoms with E-state index in [0.29, 0.717) is 23.2 Å². The average molecular weight is 437 g/mol. The van der Waals surface area contributed by atoms with Gasteiger partial charge in [-0.15, -0.1) is 0 Å². The Labute approximate surface area is 164 Å². The number of alkyl halides is 1. The summed E-state index contributed by atoms with van der Waals surface area (Å²) in [7, 11) is -3.42.